The Kier molecular flexibility index (Phi) is 5.68. The molecule has 1 aliphatic carbocycles. The maximum Gasteiger partial charge on any atom is 0.336 e. The van der Waals surface area contributed by atoms with Crippen LogP contribution in [0.25, 0.3) is 0 Å². The first-order valence-electron chi connectivity index (χ1n) is 9.45. The lowest BCUT2D eigenvalue weighted by Crippen LogP contribution is -2.43. The zero-order chi connectivity index (χ0) is 20.4. The third-order valence-electron chi connectivity index (χ3n) is 5.37. The Morgan fingerprint density at radius 2 is 1.89 bits per heavy atom. The van der Waals surface area contributed by atoms with Gasteiger partial charge in [-0.3, -0.25) is 9.59 Å². The van der Waals surface area contributed by atoms with Gasteiger partial charge in [0.15, 0.2) is 5.78 Å². The van der Waals surface area contributed by atoms with Crippen LogP contribution in [0.4, 0.5) is 0 Å². The van der Waals surface area contributed by atoms with Gasteiger partial charge in [-0.1, -0.05) is 37.3 Å². The highest BCUT2D eigenvalue weighted by Gasteiger charge is 2.47. The minimum atomic E-state index is -0.876. The standard InChI is InChI=1S/C22H25NO5/c1-5-28-22(26)17-13(3)23-15-11-12(2)16(21(25)27-4)20(24)19(15)18(17)14-9-7-6-8-10-14/h6-10,12,16,18,23H,5,11H2,1-4H3/t12-,16-,18+/m1/s1. The second-order valence-corrected chi connectivity index (χ2v) is 7.17. The van der Waals surface area contributed by atoms with Gasteiger partial charge in [-0.2, -0.15) is 0 Å². The van der Waals surface area contributed by atoms with E-state index in [4.69, 9.17) is 9.47 Å². The Morgan fingerprint density at radius 3 is 2.50 bits per heavy atom. The maximum atomic E-state index is 13.4. The summed E-state index contributed by atoms with van der Waals surface area (Å²) >= 11 is 0. The van der Waals surface area contributed by atoms with Crippen molar-refractivity contribution >= 4 is 17.7 Å². The fourth-order valence-electron chi connectivity index (χ4n) is 4.14. The van der Waals surface area contributed by atoms with E-state index in [0.29, 0.717) is 23.3 Å². The molecule has 0 radical (unpaired) electrons. The maximum absolute atomic E-state index is 13.4. The number of carbonyl (C=O) groups excluding carboxylic acids is 3. The second-order valence-electron chi connectivity index (χ2n) is 7.17. The molecule has 6 nitrogen and oxygen atoms in total. The Hall–Kier alpha value is -2.89. The fourth-order valence-corrected chi connectivity index (χ4v) is 4.14. The van der Waals surface area contributed by atoms with Crippen LogP contribution in [0, 0.1) is 11.8 Å². The molecule has 0 saturated heterocycles. The van der Waals surface area contributed by atoms with Gasteiger partial charge >= 0.3 is 11.9 Å². The summed E-state index contributed by atoms with van der Waals surface area (Å²) in [5.41, 5.74) is 3.09. The predicted octanol–water partition coefficient (Wildman–Crippen LogP) is 2.86. The Bertz CT molecular complexity index is 868. The number of hydrogen-bond acceptors (Lipinski definition) is 6. The average Bonchev–Trinajstić information content (AvgIpc) is 2.67. The summed E-state index contributed by atoms with van der Waals surface area (Å²) in [5, 5.41) is 3.23. The quantitative estimate of drug-likeness (QED) is 0.636. The van der Waals surface area contributed by atoms with E-state index >= 15 is 0 Å². The molecule has 0 aromatic heterocycles. The molecular weight excluding hydrogens is 358 g/mol. The summed E-state index contributed by atoms with van der Waals surface area (Å²) in [7, 11) is 1.29. The van der Waals surface area contributed by atoms with Crippen LogP contribution >= 0.6 is 0 Å². The molecule has 148 valence electrons. The number of dihydropyridines is 1. The van der Waals surface area contributed by atoms with Crippen LogP contribution in [-0.2, 0) is 23.9 Å². The van der Waals surface area contributed by atoms with Crippen molar-refractivity contribution in [2.45, 2.75) is 33.1 Å². The van der Waals surface area contributed by atoms with Crippen LogP contribution in [0.3, 0.4) is 0 Å². The smallest absolute Gasteiger partial charge is 0.336 e. The van der Waals surface area contributed by atoms with Crippen molar-refractivity contribution in [3.63, 3.8) is 0 Å². The van der Waals surface area contributed by atoms with Gasteiger partial charge in [-0.05, 0) is 31.7 Å². The number of rotatable bonds is 4. The van der Waals surface area contributed by atoms with Crippen LogP contribution in [0.1, 0.15) is 38.7 Å². The van der Waals surface area contributed by atoms with Gasteiger partial charge < -0.3 is 14.8 Å². The topological polar surface area (TPSA) is 81.7 Å². The van der Waals surface area contributed by atoms with Gasteiger partial charge in [-0.15, -0.1) is 0 Å². The molecule has 0 unspecified atom stereocenters. The van der Waals surface area contributed by atoms with Crippen molar-refractivity contribution in [1.29, 1.82) is 0 Å². The zero-order valence-corrected chi connectivity index (χ0v) is 16.6. The van der Waals surface area contributed by atoms with Crippen LogP contribution in [0.2, 0.25) is 0 Å². The Morgan fingerprint density at radius 1 is 1.21 bits per heavy atom. The summed E-state index contributed by atoms with van der Waals surface area (Å²) in [6.07, 6.45) is 0.525. The van der Waals surface area contributed by atoms with E-state index in [1.165, 1.54) is 7.11 Å². The highest BCUT2D eigenvalue weighted by atomic mass is 16.5. The monoisotopic (exact) mass is 383 g/mol. The zero-order valence-electron chi connectivity index (χ0n) is 16.6. The van der Waals surface area contributed by atoms with Gasteiger partial charge in [0.1, 0.15) is 5.92 Å². The van der Waals surface area contributed by atoms with E-state index in [2.05, 4.69) is 5.32 Å². The Balaban J connectivity index is 2.17. The molecule has 28 heavy (non-hydrogen) atoms. The first-order valence-corrected chi connectivity index (χ1v) is 9.45. The largest absolute Gasteiger partial charge is 0.468 e. The van der Waals surface area contributed by atoms with Crippen LogP contribution in [0.15, 0.2) is 52.9 Å². The summed E-state index contributed by atoms with van der Waals surface area (Å²) in [6, 6.07) is 9.37. The number of Topliss-reactive ketones (excluding diaryl/α,β-unsaturated/α-hetero) is 1. The number of methoxy groups -OCH3 is 1. The highest BCUT2D eigenvalue weighted by molar-refractivity contribution is 6.12. The molecule has 1 aliphatic heterocycles. The number of allylic oxidation sites excluding steroid dienone is 3. The number of carbonyl (C=O) groups is 3. The van der Waals surface area contributed by atoms with E-state index in [1.54, 1.807) is 6.92 Å². The van der Waals surface area contributed by atoms with Crippen molar-refractivity contribution in [1.82, 2.24) is 5.32 Å². The summed E-state index contributed by atoms with van der Waals surface area (Å²) in [4.78, 5) is 38.5. The van der Waals surface area contributed by atoms with Crippen LogP contribution in [0.5, 0.6) is 0 Å². The van der Waals surface area contributed by atoms with Gasteiger partial charge in [0.2, 0.25) is 0 Å². The molecule has 0 saturated carbocycles. The van der Waals surface area contributed by atoms with Crippen molar-refractivity contribution in [3.05, 3.63) is 58.4 Å². The normalized spacial score (nSPS) is 24.4. The van der Waals surface area contributed by atoms with Crippen molar-refractivity contribution in [3.8, 4) is 0 Å². The fraction of sp³-hybridized carbons (Fsp3) is 0.409. The van der Waals surface area contributed by atoms with Crippen molar-refractivity contribution in [2.24, 2.45) is 11.8 Å². The van der Waals surface area contributed by atoms with E-state index in [1.807, 2.05) is 44.2 Å². The molecule has 3 atom stereocenters. The van der Waals surface area contributed by atoms with Gasteiger partial charge in [0, 0.05) is 22.9 Å². The Labute approximate surface area is 164 Å². The predicted molar refractivity (Wildman–Crippen MR) is 103 cm³/mol. The molecular formula is C22H25NO5. The van der Waals surface area contributed by atoms with Crippen LogP contribution < -0.4 is 5.32 Å². The molecule has 1 N–H and O–H groups in total. The number of ether oxygens (including phenoxy) is 2. The third-order valence-corrected chi connectivity index (χ3v) is 5.37. The van der Waals surface area contributed by atoms with E-state index in [-0.39, 0.29) is 18.3 Å². The van der Waals surface area contributed by atoms with E-state index < -0.39 is 23.8 Å². The molecule has 2 aliphatic rings. The van der Waals surface area contributed by atoms with Gasteiger partial charge in [-0.25, -0.2) is 4.79 Å². The molecule has 1 aromatic rings. The number of ketones is 1. The number of benzene rings is 1. The molecule has 1 aromatic carbocycles. The van der Waals surface area contributed by atoms with Crippen LogP contribution in [-0.4, -0.2) is 31.4 Å². The third kappa shape index (κ3) is 3.35. The lowest BCUT2D eigenvalue weighted by atomic mass is 9.69. The molecule has 0 fully saturated rings. The lowest BCUT2D eigenvalue weighted by Gasteiger charge is -2.38. The summed E-state index contributed by atoms with van der Waals surface area (Å²) < 4.78 is 10.2. The SMILES string of the molecule is CCOC(=O)C1=C(C)NC2=C(C(=O)[C@H](C(=O)OC)[C@H](C)C2)[C@H]1c1ccccc1. The van der Waals surface area contributed by atoms with Gasteiger partial charge in [0.25, 0.3) is 0 Å². The first-order chi connectivity index (χ1) is 13.4. The first kappa shape index (κ1) is 19.9. The summed E-state index contributed by atoms with van der Waals surface area (Å²) in [6.45, 7) is 5.65. The van der Waals surface area contributed by atoms with E-state index in [0.717, 1.165) is 11.3 Å². The van der Waals surface area contributed by atoms with Gasteiger partial charge in [0.05, 0.1) is 19.3 Å². The number of esters is 2. The molecule has 0 spiro atoms. The summed E-state index contributed by atoms with van der Waals surface area (Å²) in [5.74, 6) is -2.95. The van der Waals surface area contributed by atoms with Crippen molar-refractivity contribution < 1.29 is 23.9 Å². The molecule has 0 bridgehead atoms. The van der Waals surface area contributed by atoms with Crippen molar-refractivity contribution in [2.75, 3.05) is 13.7 Å². The number of nitrogens with one attached hydrogen (secondary N) is 1. The minimum Gasteiger partial charge on any atom is -0.468 e. The average molecular weight is 383 g/mol. The number of hydrogen-bond donors (Lipinski definition) is 1. The van der Waals surface area contributed by atoms with E-state index in [9.17, 15) is 14.4 Å². The lowest BCUT2D eigenvalue weighted by molar-refractivity contribution is -0.151. The molecule has 6 heteroatoms. The highest BCUT2D eigenvalue weighted by Crippen LogP contribution is 2.45. The minimum absolute atomic E-state index is 0.195. The molecule has 3 rings (SSSR count). The molecule has 1 heterocycles. The second kappa shape index (κ2) is 8.00. The molecule has 0 amide bonds.